The SMILES string of the molecule is Cc1ccnc(-c2cnc(N3CC4(COC4)c4ccc(C(=O)NCCO)cc43)nc2)c1. The molecule has 0 saturated carbocycles. The van der Waals surface area contributed by atoms with Gasteiger partial charge in [-0.25, -0.2) is 9.97 Å². The van der Waals surface area contributed by atoms with Gasteiger partial charge >= 0.3 is 0 Å². The molecule has 158 valence electrons. The molecule has 0 bridgehead atoms. The van der Waals surface area contributed by atoms with Crippen LogP contribution < -0.4 is 10.2 Å². The van der Waals surface area contributed by atoms with Gasteiger partial charge in [0.1, 0.15) is 0 Å². The predicted molar refractivity (Wildman–Crippen MR) is 115 cm³/mol. The van der Waals surface area contributed by atoms with Gasteiger partial charge in [0.05, 0.1) is 30.9 Å². The topological polar surface area (TPSA) is 100 Å². The maximum atomic E-state index is 12.4. The van der Waals surface area contributed by atoms with E-state index >= 15 is 0 Å². The molecule has 1 aromatic carbocycles. The van der Waals surface area contributed by atoms with Crippen molar-refractivity contribution in [3.05, 3.63) is 65.6 Å². The van der Waals surface area contributed by atoms with Crippen molar-refractivity contribution in [3.63, 3.8) is 0 Å². The van der Waals surface area contributed by atoms with Crippen LogP contribution in [0.2, 0.25) is 0 Å². The lowest BCUT2D eigenvalue weighted by Crippen LogP contribution is -2.49. The average molecular weight is 417 g/mol. The van der Waals surface area contributed by atoms with Crippen LogP contribution in [-0.2, 0) is 10.2 Å². The quantitative estimate of drug-likeness (QED) is 0.655. The first-order chi connectivity index (χ1) is 15.1. The lowest BCUT2D eigenvalue weighted by atomic mass is 9.80. The van der Waals surface area contributed by atoms with Crippen molar-refractivity contribution in [2.24, 2.45) is 0 Å². The molecular formula is C23H23N5O3. The fraction of sp³-hybridized carbons (Fsp3) is 0.304. The van der Waals surface area contributed by atoms with Crippen molar-refractivity contribution in [1.29, 1.82) is 0 Å². The fourth-order valence-corrected chi connectivity index (χ4v) is 4.15. The third-order valence-corrected chi connectivity index (χ3v) is 5.83. The van der Waals surface area contributed by atoms with Gasteiger partial charge in [0.15, 0.2) is 0 Å². The number of amides is 1. The number of hydrogen-bond acceptors (Lipinski definition) is 7. The predicted octanol–water partition coefficient (Wildman–Crippen LogP) is 1.99. The first kappa shape index (κ1) is 19.6. The molecule has 1 fully saturated rings. The van der Waals surface area contributed by atoms with E-state index in [1.807, 2.05) is 42.2 Å². The van der Waals surface area contributed by atoms with Crippen LogP contribution >= 0.6 is 0 Å². The normalized spacial score (nSPS) is 16.1. The van der Waals surface area contributed by atoms with Crippen molar-refractivity contribution in [2.75, 3.05) is 37.8 Å². The molecule has 3 aromatic rings. The van der Waals surface area contributed by atoms with Crippen LogP contribution in [0.4, 0.5) is 11.6 Å². The van der Waals surface area contributed by atoms with E-state index in [-0.39, 0.29) is 24.5 Å². The molecule has 2 N–H and O–H groups in total. The zero-order valence-electron chi connectivity index (χ0n) is 17.2. The van der Waals surface area contributed by atoms with Crippen LogP contribution in [-0.4, -0.2) is 58.9 Å². The zero-order valence-corrected chi connectivity index (χ0v) is 17.2. The molecule has 1 amide bonds. The van der Waals surface area contributed by atoms with E-state index in [0.717, 1.165) is 28.1 Å². The third kappa shape index (κ3) is 3.43. The molecule has 2 aromatic heterocycles. The Morgan fingerprint density at radius 1 is 1.19 bits per heavy atom. The summed E-state index contributed by atoms with van der Waals surface area (Å²) in [6.07, 6.45) is 5.34. The summed E-state index contributed by atoms with van der Waals surface area (Å²) in [6, 6.07) is 9.64. The Hall–Kier alpha value is -3.36. The lowest BCUT2D eigenvalue weighted by molar-refractivity contribution is -0.0507. The Bertz CT molecular complexity index is 1130. The van der Waals surface area contributed by atoms with Gasteiger partial charge in [0.2, 0.25) is 5.95 Å². The van der Waals surface area contributed by atoms with Gasteiger partial charge in [0, 0.05) is 48.5 Å². The van der Waals surface area contributed by atoms with Gasteiger partial charge in [-0.2, -0.15) is 0 Å². The first-order valence-electron chi connectivity index (χ1n) is 10.2. The number of nitrogens with zero attached hydrogens (tertiary/aromatic N) is 4. The Balaban J connectivity index is 1.48. The summed E-state index contributed by atoms with van der Waals surface area (Å²) in [5, 5.41) is 11.7. The number of aliphatic hydroxyl groups is 1. The molecule has 0 atom stereocenters. The lowest BCUT2D eigenvalue weighted by Gasteiger charge is -2.38. The number of nitrogens with one attached hydrogen (secondary N) is 1. The average Bonchev–Trinajstić information content (AvgIpc) is 3.13. The highest BCUT2D eigenvalue weighted by Crippen LogP contribution is 2.47. The molecule has 8 nitrogen and oxygen atoms in total. The number of pyridine rings is 1. The smallest absolute Gasteiger partial charge is 0.251 e. The van der Waals surface area contributed by atoms with E-state index < -0.39 is 0 Å². The van der Waals surface area contributed by atoms with Gasteiger partial charge in [-0.05, 0) is 42.3 Å². The van der Waals surface area contributed by atoms with Crippen molar-refractivity contribution in [1.82, 2.24) is 20.3 Å². The van der Waals surface area contributed by atoms with Gasteiger partial charge < -0.3 is 20.1 Å². The molecule has 2 aliphatic rings. The van der Waals surface area contributed by atoms with Crippen molar-refractivity contribution in [3.8, 4) is 11.3 Å². The molecule has 0 aliphatic carbocycles. The summed E-state index contributed by atoms with van der Waals surface area (Å²) in [5.41, 5.74) is 5.31. The summed E-state index contributed by atoms with van der Waals surface area (Å²) < 4.78 is 5.54. The highest BCUT2D eigenvalue weighted by Gasteiger charge is 2.49. The van der Waals surface area contributed by atoms with E-state index in [4.69, 9.17) is 9.84 Å². The molecule has 0 radical (unpaired) electrons. The number of hydrogen-bond donors (Lipinski definition) is 2. The van der Waals surface area contributed by atoms with E-state index in [9.17, 15) is 4.79 Å². The van der Waals surface area contributed by atoms with E-state index in [0.29, 0.717) is 31.3 Å². The second-order valence-corrected chi connectivity index (χ2v) is 8.06. The number of benzene rings is 1. The minimum absolute atomic E-state index is 0.0980. The summed E-state index contributed by atoms with van der Waals surface area (Å²) in [5.74, 6) is 0.360. The van der Waals surface area contributed by atoms with Crippen LogP contribution in [0.25, 0.3) is 11.3 Å². The number of aromatic nitrogens is 3. The first-order valence-corrected chi connectivity index (χ1v) is 10.2. The minimum Gasteiger partial charge on any atom is -0.395 e. The number of anilines is 2. The molecule has 5 rings (SSSR count). The summed E-state index contributed by atoms with van der Waals surface area (Å²) in [4.78, 5) is 28.1. The molecule has 1 saturated heterocycles. The van der Waals surface area contributed by atoms with E-state index in [2.05, 4.69) is 20.3 Å². The van der Waals surface area contributed by atoms with Crippen LogP contribution in [0.15, 0.2) is 48.9 Å². The zero-order chi connectivity index (χ0) is 21.4. The largest absolute Gasteiger partial charge is 0.395 e. The van der Waals surface area contributed by atoms with Crippen LogP contribution in [0.1, 0.15) is 21.5 Å². The highest BCUT2D eigenvalue weighted by atomic mass is 16.5. The number of carbonyl (C=O) groups excluding carboxylic acids is 1. The standard InChI is InChI=1S/C23H23N5O3/c1-15-4-5-24-19(8-15)17-10-26-22(27-11-17)28-12-23(13-31-14-23)18-3-2-16(9-20(18)28)21(30)25-6-7-29/h2-5,8-11,29H,6-7,12-14H2,1H3,(H,25,30). The number of aryl methyl sites for hydroxylation is 1. The number of ether oxygens (including phenoxy) is 1. The number of aliphatic hydroxyl groups excluding tert-OH is 1. The Labute approximate surface area is 179 Å². The molecule has 4 heterocycles. The highest BCUT2D eigenvalue weighted by molar-refractivity contribution is 5.96. The second kappa shape index (κ2) is 7.72. The van der Waals surface area contributed by atoms with Crippen LogP contribution in [0, 0.1) is 6.92 Å². The summed E-state index contributed by atoms with van der Waals surface area (Å²) in [6.45, 7) is 4.12. The van der Waals surface area contributed by atoms with Gasteiger partial charge in [-0.1, -0.05) is 6.07 Å². The molecule has 8 heteroatoms. The number of fused-ring (bicyclic) bond motifs is 2. The molecular weight excluding hydrogens is 394 g/mol. The van der Waals surface area contributed by atoms with E-state index in [1.54, 1.807) is 18.6 Å². The third-order valence-electron chi connectivity index (χ3n) is 5.83. The monoisotopic (exact) mass is 417 g/mol. The number of rotatable bonds is 5. The minimum atomic E-state index is -0.218. The Morgan fingerprint density at radius 2 is 2.00 bits per heavy atom. The second-order valence-electron chi connectivity index (χ2n) is 8.06. The number of carbonyl (C=O) groups is 1. The molecule has 2 aliphatic heterocycles. The maximum Gasteiger partial charge on any atom is 0.251 e. The van der Waals surface area contributed by atoms with Crippen molar-refractivity contribution >= 4 is 17.5 Å². The molecule has 0 unspecified atom stereocenters. The Kier molecular flexibility index (Phi) is 4.88. The van der Waals surface area contributed by atoms with Gasteiger partial charge in [-0.15, -0.1) is 0 Å². The van der Waals surface area contributed by atoms with Gasteiger partial charge in [-0.3, -0.25) is 9.78 Å². The summed E-state index contributed by atoms with van der Waals surface area (Å²) >= 11 is 0. The summed E-state index contributed by atoms with van der Waals surface area (Å²) in [7, 11) is 0. The fourth-order valence-electron chi connectivity index (χ4n) is 4.15. The maximum absolute atomic E-state index is 12.4. The Morgan fingerprint density at radius 3 is 2.68 bits per heavy atom. The van der Waals surface area contributed by atoms with Gasteiger partial charge in [0.25, 0.3) is 5.91 Å². The van der Waals surface area contributed by atoms with Crippen molar-refractivity contribution < 1.29 is 14.6 Å². The van der Waals surface area contributed by atoms with E-state index in [1.165, 1.54) is 0 Å². The molecule has 31 heavy (non-hydrogen) atoms. The van der Waals surface area contributed by atoms with Crippen LogP contribution in [0.3, 0.4) is 0 Å². The van der Waals surface area contributed by atoms with Crippen LogP contribution in [0.5, 0.6) is 0 Å². The van der Waals surface area contributed by atoms with Crippen molar-refractivity contribution in [2.45, 2.75) is 12.3 Å². The molecule has 1 spiro atoms.